The zero-order valence-electron chi connectivity index (χ0n) is 15.4. The van der Waals surface area contributed by atoms with Crippen molar-refractivity contribution < 1.29 is 27.8 Å². The summed E-state index contributed by atoms with van der Waals surface area (Å²) in [6.45, 7) is 2.15. The molecular formula is C18H18BrF3N4O3. The normalized spacial score (nSPS) is 12.1. The Morgan fingerprint density at radius 3 is 2.48 bits per heavy atom. The van der Waals surface area contributed by atoms with E-state index in [4.69, 9.17) is 14.6 Å². The Morgan fingerprint density at radius 2 is 1.97 bits per heavy atom. The fourth-order valence-corrected chi connectivity index (χ4v) is 2.90. The van der Waals surface area contributed by atoms with Gasteiger partial charge in [0.15, 0.2) is 5.82 Å². The van der Waals surface area contributed by atoms with Gasteiger partial charge < -0.3 is 15.2 Å². The number of carboxylic acids is 1. The number of nitrogens with one attached hydrogen (secondary N) is 1. The number of carboxylic acid groups (broad SMARTS) is 1. The zero-order chi connectivity index (χ0) is 21.6. The minimum Gasteiger partial charge on any atom is -0.497 e. The lowest BCUT2D eigenvalue weighted by Gasteiger charge is -2.19. The first-order valence-electron chi connectivity index (χ1n) is 8.35. The Morgan fingerprint density at radius 1 is 1.34 bits per heavy atom. The third kappa shape index (κ3) is 5.83. The van der Waals surface area contributed by atoms with E-state index in [9.17, 15) is 13.2 Å². The number of hydrogen-bond donors (Lipinski definition) is 2. The summed E-state index contributed by atoms with van der Waals surface area (Å²) >= 11 is 3.52. The van der Waals surface area contributed by atoms with Gasteiger partial charge in [-0.25, -0.2) is 14.3 Å². The Balaban J connectivity index is 0.000000370. The second kappa shape index (κ2) is 9.59. The quantitative estimate of drug-likeness (QED) is 0.557. The molecule has 156 valence electrons. The molecule has 0 fully saturated rings. The first kappa shape index (κ1) is 22.5. The number of aliphatic carboxylic acids is 1. The molecule has 0 aliphatic carbocycles. The molecule has 0 amide bonds. The van der Waals surface area contributed by atoms with Gasteiger partial charge >= 0.3 is 12.1 Å². The Hall–Kier alpha value is -2.82. The summed E-state index contributed by atoms with van der Waals surface area (Å²) in [6.07, 6.45) is 1.21. The predicted octanol–water partition coefficient (Wildman–Crippen LogP) is 4.70. The van der Waals surface area contributed by atoms with Gasteiger partial charge in [-0.2, -0.15) is 18.3 Å². The van der Waals surface area contributed by atoms with Gasteiger partial charge in [0.05, 0.1) is 23.8 Å². The molecule has 11 heteroatoms. The first-order valence-corrected chi connectivity index (χ1v) is 9.15. The topological polar surface area (TPSA) is 88.8 Å². The van der Waals surface area contributed by atoms with Crippen LogP contribution in [-0.2, 0) is 4.79 Å². The van der Waals surface area contributed by atoms with Gasteiger partial charge in [-0.15, -0.1) is 0 Å². The van der Waals surface area contributed by atoms with E-state index in [1.165, 1.54) is 5.56 Å². The van der Waals surface area contributed by atoms with Gasteiger partial charge in [0.2, 0.25) is 0 Å². The monoisotopic (exact) mass is 474 g/mol. The van der Waals surface area contributed by atoms with Crippen molar-refractivity contribution in [2.45, 2.75) is 25.6 Å². The van der Waals surface area contributed by atoms with Gasteiger partial charge in [-0.05, 0) is 40.0 Å². The largest absolute Gasteiger partial charge is 0.497 e. The maximum Gasteiger partial charge on any atom is 0.490 e. The molecule has 3 rings (SSSR count). The van der Waals surface area contributed by atoms with E-state index in [0.717, 1.165) is 28.0 Å². The molecule has 0 saturated heterocycles. The standard InChI is InChI=1S/C16H17BrN4O.C2HF3O2/c1-3-14(11-4-6-12(22-2)7-5-11)20-16-15-13(17)10-19-21(15)9-8-18-16;3-2(4,5)1(6)7/h4-10,14H,3H2,1-2H3,(H,18,20);(H,6,7). The lowest BCUT2D eigenvalue weighted by atomic mass is 10.0. The lowest BCUT2D eigenvalue weighted by molar-refractivity contribution is -0.192. The molecule has 2 heterocycles. The third-order valence-corrected chi connectivity index (χ3v) is 4.45. The van der Waals surface area contributed by atoms with Crippen molar-refractivity contribution in [2.75, 3.05) is 12.4 Å². The number of fused-ring (bicyclic) bond motifs is 1. The van der Waals surface area contributed by atoms with Crippen LogP contribution in [-0.4, -0.2) is 39.0 Å². The average Bonchev–Trinajstić information content (AvgIpc) is 3.08. The highest BCUT2D eigenvalue weighted by Crippen LogP contribution is 2.28. The lowest BCUT2D eigenvalue weighted by Crippen LogP contribution is -2.21. The summed E-state index contributed by atoms with van der Waals surface area (Å²) in [7, 11) is 1.67. The SMILES string of the molecule is CCC(Nc1nccn2ncc(Br)c12)c1ccc(OC)cc1.O=C(O)C(F)(F)F. The molecule has 2 N–H and O–H groups in total. The summed E-state index contributed by atoms with van der Waals surface area (Å²) in [6, 6.07) is 8.27. The second-order valence-electron chi connectivity index (χ2n) is 5.74. The number of hydrogen-bond acceptors (Lipinski definition) is 5. The Kier molecular flexibility index (Phi) is 7.43. The molecule has 7 nitrogen and oxygen atoms in total. The van der Waals surface area contributed by atoms with Gasteiger partial charge in [-0.1, -0.05) is 19.1 Å². The van der Waals surface area contributed by atoms with Gasteiger partial charge in [0.25, 0.3) is 0 Å². The smallest absolute Gasteiger partial charge is 0.490 e. The van der Waals surface area contributed by atoms with Gasteiger partial charge in [0.1, 0.15) is 11.3 Å². The number of halogens is 4. The van der Waals surface area contributed by atoms with E-state index in [1.807, 2.05) is 18.3 Å². The zero-order valence-corrected chi connectivity index (χ0v) is 17.0. The maximum absolute atomic E-state index is 10.6. The molecule has 29 heavy (non-hydrogen) atoms. The highest BCUT2D eigenvalue weighted by atomic mass is 79.9. The summed E-state index contributed by atoms with van der Waals surface area (Å²) < 4.78 is 39.7. The fourth-order valence-electron chi connectivity index (χ4n) is 2.44. The number of alkyl halides is 3. The molecule has 0 bridgehead atoms. The summed E-state index contributed by atoms with van der Waals surface area (Å²) in [5, 5.41) is 14.9. The molecular weight excluding hydrogens is 457 g/mol. The summed E-state index contributed by atoms with van der Waals surface area (Å²) in [5.74, 6) is -1.08. The van der Waals surface area contributed by atoms with Crippen LogP contribution in [0, 0.1) is 0 Å². The maximum atomic E-state index is 10.6. The van der Waals surface area contributed by atoms with Crippen molar-refractivity contribution in [3.05, 3.63) is 52.9 Å². The molecule has 0 saturated carbocycles. The van der Waals surface area contributed by atoms with E-state index in [2.05, 4.69) is 50.4 Å². The number of rotatable bonds is 5. The van der Waals surface area contributed by atoms with E-state index in [0.29, 0.717) is 0 Å². The fraction of sp³-hybridized carbons (Fsp3) is 0.278. The molecule has 0 spiro atoms. The molecule has 1 unspecified atom stereocenters. The first-order chi connectivity index (χ1) is 13.7. The van der Waals surface area contributed by atoms with Crippen LogP contribution in [0.2, 0.25) is 0 Å². The molecule has 1 aromatic carbocycles. The van der Waals surface area contributed by atoms with Crippen LogP contribution in [0.15, 0.2) is 47.3 Å². The van der Waals surface area contributed by atoms with Crippen LogP contribution in [0.5, 0.6) is 5.75 Å². The number of ether oxygens (including phenoxy) is 1. The third-order valence-electron chi connectivity index (χ3n) is 3.87. The van der Waals surface area contributed by atoms with E-state index < -0.39 is 12.1 Å². The summed E-state index contributed by atoms with van der Waals surface area (Å²) in [5.41, 5.74) is 2.14. The molecule has 0 aliphatic rings. The molecule has 2 aromatic heterocycles. The number of benzene rings is 1. The van der Waals surface area contributed by atoms with Crippen LogP contribution in [0.1, 0.15) is 24.9 Å². The van der Waals surface area contributed by atoms with Crippen molar-refractivity contribution in [2.24, 2.45) is 0 Å². The molecule has 3 aromatic rings. The summed E-state index contributed by atoms with van der Waals surface area (Å²) in [4.78, 5) is 13.4. The van der Waals surface area contributed by atoms with E-state index in [-0.39, 0.29) is 6.04 Å². The molecule has 0 aliphatic heterocycles. The van der Waals surface area contributed by atoms with E-state index >= 15 is 0 Å². The van der Waals surface area contributed by atoms with Crippen LogP contribution in [0.3, 0.4) is 0 Å². The van der Waals surface area contributed by atoms with Crippen molar-refractivity contribution in [3.63, 3.8) is 0 Å². The average molecular weight is 475 g/mol. The molecule has 1 atom stereocenters. The van der Waals surface area contributed by atoms with Gasteiger partial charge in [-0.3, -0.25) is 0 Å². The Labute approximate surface area is 172 Å². The van der Waals surface area contributed by atoms with Crippen molar-refractivity contribution >= 4 is 33.2 Å². The Bertz CT molecular complexity index is 961. The minimum absolute atomic E-state index is 0.173. The number of methoxy groups -OCH3 is 1. The van der Waals surface area contributed by atoms with Crippen LogP contribution in [0.4, 0.5) is 19.0 Å². The highest BCUT2D eigenvalue weighted by molar-refractivity contribution is 9.10. The van der Waals surface area contributed by atoms with Crippen LogP contribution in [0.25, 0.3) is 5.52 Å². The van der Waals surface area contributed by atoms with E-state index in [1.54, 1.807) is 24.0 Å². The minimum atomic E-state index is -5.08. The number of carbonyl (C=O) groups is 1. The van der Waals surface area contributed by atoms with Crippen LogP contribution >= 0.6 is 15.9 Å². The second-order valence-corrected chi connectivity index (χ2v) is 6.60. The number of aromatic nitrogens is 3. The van der Waals surface area contributed by atoms with Crippen LogP contribution < -0.4 is 10.1 Å². The molecule has 0 radical (unpaired) electrons. The highest BCUT2D eigenvalue weighted by Gasteiger charge is 2.38. The number of anilines is 1. The van der Waals surface area contributed by atoms with Crippen molar-refractivity contribution in [3.8, 4) is 5.75 Å². The van der Waals surface area contributed by atoms with Crippen molar-refractivity contribution in [1.29, 1.82) is 0 Å². The number of nitrogens with zero attached hydrogens (tertiary/aromatic N) is 3. The predicted molar refractivity (Wildman–Crippen MR) is 104 cm³/mol. The van der Waals surface area contributed by atoms with Crippen molar-refractivity contribution in [1.82, 2.24) is 14.6 Å². The van der Waals surface area contributed by atoms with Gasteiger partial charge in [0, 0.05) is 12.4 Å².